The first kappa shape index (κ1) is 16.6. The molecule has 20 heavy (non-hydrogen) atoms. The van der Waals surface area contributed by atoms with Crippen LogP contribution in [-0.4, -0.2) is 31.8 Å². The molecule has 112 valence electrons. The maximum atomic E-state index is 11.7. The molecule has 1 amide bonds. The maximum Gasteiger partial charge on any atom is 0.226 e. The zero-order valence-electron chi connectivity index (χ0n) is 12.2. The molecular weight excluding hydrogens is 256 g/mol. The van der Waals surface area contributed by atoms with Crippen molar-refractivity contribution in [3.05, 3.63) is 29.8 Å². The van der Waals surface area contributed by atoms with Crippen molar-refractivity contribution in [2.75, 3.05) is 25.1 Å². The number of carbonyl (C=O) groups excluding carboxylic acids is 1. The second-order valence-electron chi connectivity index (χ2n) is 4.54. The predicted octanol–water partition coefficient (Wildman–Crippen LogP) is 1.92. The van der Waals surface area contributed by atoms with Crippen LogP contribution in [0.5, 0.6) is 0 Å². The zero-order valence-corrected chi connectivity index (χ0v) is 12.2. The number of hydrogen-bond donors (Lipinski definition) is 2. The van der Waals surface area contributed by atoms with Crippen molar-refractivity contribution < 1.29 is 14.3 Å². The van der Waals surface area contributed by atoms with Gasteiger partial charge in [0.1, 0.15) is 0 Å². The van der Waals surface area contributed by atoms with Crippen molar-refractivity contribution in [3.8, 4) is 0 Å². The average Bonchev–Trinajstić information content (AvgIpc) is 2.46. The number of ether oxygens (including phenoxy) is 2. The molecule has 0 aromatic heterocycles. The van der Waals surface area contributed by atoms with Gasteiger partial charge in [-0.2, -0.15) is 0 Å². The highest BCUT2D eigenvalue weighted by molar-refractivity contribution is 5.90. The molecule has 0 radical (unpaired) electrons. The fraction of sp³-hybridized carbons (Fsp3) is 0.533. The monoisotopic (exact) mass is 280 g/mol. The third kappa shape index (κ3) is 6.65. The van der Waals surface area contributed by atoms with Crippen LogP contribution in [0.4, 0.5) is 5.69 Å². The quantitative estimate of drug-likeness (QED) is 0.724. The smallest absolute Gasteiger partial charge is 0.226 e. The van der Waals surface area contributed by atoms with Crippen LogP contribution in [0.3, 0.4) is 0 Å². The van der Waals surface area contributed by atoms with Crippen LogP contribution in [-0.2, 0) is 20.8 Å². The van der Waals surface area contributed by atoms with Gasteiger partial charge in [0.25, 0.3) is 0 Å². The molecule has 0 heterocycles. The van der Waals surface area contributed by atoms with Crippen LogP contribution in [0.2, 0.25) is 0 Å². The van der Waals surface area contributed by atoms with Crippen molar-refractivity contribution in [2.24, 2.45) is 5.73 Å². The number of nitrogens with one attached hydrogen (secondary N) is 1. The molecule has 5 nitrogen and oxygen atoms in total. The van der Waals surface area contributed by atoms with E-state index < -0.39 is 0 Å². The SMILES string of the molecule is CCOCC(C)OCCC(=O)Nc1ccc(CN)cc1. The first-order valence-electron chi connectivity index (χ1n) is 6.94. The number of amides is 1. The standard InChI is InChI=1S/C15H24N2O3/c1-3-19-11-12(2)20-9-8-15(18)17-14-6-4-13(10-16)5-7-14/h4-7,12H,3,8-11,16H2,1-2H3,(H,17,18). The van der Waals surface area contributed by atoms with E-state index in [0.717, 1.165) is 11.3 Å². The van der Waals surface area contributed by atoms with E-state index in [4.69, 9.17) is 15.2 Å². The summed E-state index contributed by atoms with van der Waals surface area (Å²) in [7, 11) is 0. The van der Waals surface area contributed by atoms with Gasteiger partial charge in [0.05, 0.1) is 25.7 Å². The normalized spacial score (nSPS) is 12.2. The summed E-state index contributed by atoms with van der Waals surface area (Å²) in [6.07, 6.45) is 0.335. The highest BCUT2D eigenvalue weighted by atomic mass is 16.5. The first-order valence-corrected chi connectivity index (χ1v) is 6.94. The lowest BCUT2D eigenvalue weighted by atomic mass is 10.2. The van der Waals surface area contributed by atoms with E-state index in [9.17, 15) is 4.79 Å². The molecule has 1 aromatic rings. The van der Waals surface area contributed by atoms with Gasteiger partial charge in [-0.1, -0.05) is 12.1 Å². The lowest BCUT2D eigenvalue weighted by molar-refractivity contribution is -0.118. The molecule has 1 aromatic carbocycles. The second-order valence-corrected chi connectivity index (χ2v) is 4.54. The molecule has 0 aliphatic carbocycles. The Labute approximate surface area is 120 Å². The third-order valence-electron chi connectivity index (χ3n) is 2.76. The summed E-state index contributed by atoms with van der Waals surface area (Å²) in [4.78, 5) is 11.7. The van der Waals surface area contributed by atoms with E-state index in [1.807, 2.05) is 38.1 Å². The fourth-order valence-corrected chi connectivity index (χ4v) is 1.63. The zero-order chi connectivity index (χ0) is 14.8. The van der Waals surface area contributed by atoms with Gasteiger partial charge in [-0.25, -0.2) is 0 Å². The predicted molar refractivity (Wildman–Crippen MR) is 79.5 cm³/mol. The Morgan fingerprint density at radius 3 is 2.65 bits per heavy atom. The summed E-state index contributed by atoms with van der Waals surface area (Å²) >= 11 is 0. The van der Waals surface area contributed by atoms with Gasteiger partial charge in [0, 0.05) is 18.8 Å². The van der Waals surface area contributed by atoms with Gasteiger partial charge >= 0.3 is 0 Å². The molecule has 1 atom stereocenters. The van der Waals surface area contributed by atoms with Crippen molar-refractivity contribution in [1.29, 1.82) is 0 Å². The Kier molecular flexibility index (Phi) is 7.87. The summed E-state index contributed by atoms with van der Waals surface area (Å²) in [6.45, 7) is 5.99. The summed E-state index contributed by atoms with van der Waals surface area (Å²) in [5.41, 5.74) is 7.33. The summed E-state index contributed by atoms with van der Waals surface area (Å²) in [5.74, 6) is -0.0610. The highest BCUT2D eigenvalue weighted by Crippen LogP contribution is 2.09. The van der Waals surface area contributed by atoms with E-state index in [-0.39, 0.29) is 12.0 Å². The van der Waals surface area contributed by atoms with Gasteiger partial charge in [0.2, 0.25) is 5.91 Å². The molecule has 1 rings (SSSR count). The second kappa shape index (κ2) is 9.47. The number of nitrogens with two attached hydrogens (primary N) is 1. The Bertz CT molecular complexity index is 393. The number of rotatable bonds is 9. The molecular formula is C15H24N2O3. The summed E-state index contributed by atoms with van der Waals surface area (Å²) < 4.78 is 10.7. The molecule has 0 aliphatic rings. The molecule has 0 fully saturated rings. The number of hydrogen-bond acceptors (Lipinski definition) is 4. The van der Waals surface area contributed by atoms with E-state index in [2.05, 4.69) is 5.32 Å². The maximum absolute atomic E-state index is 11.7. The van der Waals surface area contributed by atoms with Crippen molar-refractivity contribution in [3.63, 3.8) is 0 Å². The Hall–Kier alpha value is -1.43. The van der Waals surface area contributed by atoms with Crippen LogP contribution in [0.25, 0.3) is 0 Å². The van der Waals surface area contributed by atoms with Crippen LogP contribution in [0.1, 0.15) is 25.8 Å². The first-order chi connectivity index (χ1) is 9.65. The molecule has 3 N–H and O–H groups in total. The van der Waals surface area contributed by atoms with Crippen LogP contribution >= 0.6 is 0 Å². The van der Waals surface area contributed by atoms with Crippen LogP contribution < -0.4 is 11.1 Å². The summed E-state index contributed by atoms with van der Waals surface area (Å²) in [6, 6.07) is 7.49. The molecule has 0 saturated carbocycles. The third-order valence-corrected chi connectivity index (χ3v) is 2.76. The fourth-order valence-electron chi connectivity index (χ4n) is 1.63. The van der Waals surface area contributed by atoms with E-state index in [0.29, 0.717) is 32.8 Å². The topological polar surface area (TPSA) is 73.6 Å². The summed E-state index contributed by atoms with van der Waals surface area (Å²) in [5, 5.41) is 2.82. The van der Waals surface area contributed by atoms with E-state index in [1.165, 1.54) is 0 Å². The molecule has 5 heteroatoms. The van der Waals surface area contributed by atoms with Gasteiger partial charge in [-0.05, 0) is 31.5 Å². The Morgan fingerprint density at radius 1 is 1.35 bits per heavy atom. The van der Waals surface area contributed by atoms with Gasteiger partial charge in [0.15, 0.2) is 0 Å². The van der Waals surface area contributed by atoms with E-state index in [1.54, 1.807) is 0 Å². The minimum absolute atomic E-state index is 0.00610. The van der Waals surface area contributed by atoms with Crippen LogP contribution in [0, 0.1) is 0 Å². The molecule has 0 spiro atoms. The minimum Gasteiger partial charge on any atom is -0.379 e. The van der Waals surface area contributed by atoms with E-state index >= 15 is 0 Å². The number of benzene rings is 1. The largest absolute Gasteiger partial charge is 0.379 e. The number of carbonyl (C=O) groups is 1. The molecule has 0 aliphatic heterocycles. The average molecular weight is 280 g/mol. The van der Waals surface area contributed by atoms with Crippen molar-refractivity contribution in [2.45, 2.75) is 32.9 Å². The Balaban J connectivity index is 2.22. The molecule has 0 saturated heterocycles. The number of anilines is 1. The Morgan fingerprint density at radius 2 is 2.05 bits per heavy atom. The minimum atomic E-state index is -0.0610. The van der Waals surface area contributed by atoms with Gasteiger partial charge in [-0.15, -0.1) is 0 Å². The van der Waals surface area contributed by atoms with Gasteiger partial charge < -0.3 is 20.5 Å². The van der Waals surface area contributed by atoms with Crippen LogP contribution in [0.15, 0.2) is 24.3 Å². The lowest BCUT2D eigenvalue weighted by Gasteiger charge is -2.12. The molecule has 1 unspecified atom stereocenters. The van der Waals surface area contributed by atoms with Gasteiger partial charge in [-0.3, -0.25) is 4.79 Å². The van der Waals surface area contributed by atoms with Crippen molar-refractivity contribution in [1.82, 2.24) is 0 Å². The lowest BCUT2D eigenvalue weighted by Crippen LogP contribution is -2.20. The molecule has 0 bridgehead atoms. The highest BCUT2D eigenvalue weighted by Gasteiger charge is 2.05. The van der Waals surface area contributed by atoms with Crippen molar-refractivity contribution >= 4 is 11.6 Å².